The Morgan fingerprint density at radius 1 is 1.25 bits per heavy atom. The molecule has 1 aromatic carbocycles. The number of methoxy groups -OCH3 is 1. The Morgan fingerprint density at radius 3 is 2.41 bits per heavy atom. The number of carboxylic acids is 1. The van der Waals surface area contributed by atoms with Gasteiger partial charge in [0.2, 0.25) is 0 Å². The van der Waals surface area contributed by atoms with Gasteiger partial charge in [-0.15, -0.1) is 0 Å². The van der Waals surface area contributed by atoms with Crippen LogP contribution in [0.15, 0.2) is 47.4 Å². The molecule has 0 saturated heterocycles. The summed E-state index contributed by atoms with van der Waals surface area (Å²) in [6, 6.07) is 5.50. The molecule has 6 nitrogen and oxygen atoms in total. The molecular weight excluding hydrogens is 404 g/mol. The van der Waals surface area contributed by atoms with Crippen LogP contribution >= 0.6 is 0 Å². The van der Waals surface area contributed by atoms with Crippen molar-refractivity contribution in [3.63, 3.8) is 0 Å². The number of rotatable bonds is 5. The first-order valence-corrected chi connectivity index (χ1v) is 10.6. The van der Waals surface area contributed by atoms with Crippen LogP contribution < -0.4 is 10.2 Å². The number of nitrogens with zero attached hydrogens (tertiary/aromatic N) is 2. The highest BCUT2D eigenvalue weighted by atomic mass is 16.5. The fraction of sp³-hybridized carbons (Fsp3) is 0.385. The number of hydrogen-bond donors (Lipinski definition) is 1. The summed E-state index contributed by atoms with van der Waals surface area (Å²) in [7, 11) is 5.59. The molecule has 1 aromatic heterocycles. The fourth-order valence-electron chi connectivity index (χ4n) is 4.30. The molecule has 32 heavy (non-hydrogen) atoms. The zero-order valence-electron chi connectivity index (χ0n) is 19.9. The number of hydrogen-bond acceptors (Lipinski definition) is 4. The van der Waals surface area contributed by atoms with Crippen molar-refractivity contribution in [3.05, 3.63) is 69.5 Å². The summed E-state index contributed by atoms with van der Waals surface area (Å²) >= 11 is 0. The fourth-order valence-corrected chi connectivity index (χ4v) is 4.30. The minimum Gasteiger partial charge on any atom is -0.496 e. The number of pyridine rings is 1. The Hall–Kier alpha value is -3.28. The average Bonchev–Trinajstić information content (AvgIpc) is 2.68. The maximum atomic E-state index is 12.6. The van der Waals surface area contributed by atoms with E-state index in [2.05, 4.69) is 33.4 Å². The van der Waals surface area contributed by atoms with Crippen molar-refractivity contribution < 1.29 is 14.6 Å². The van der Waals surface area contributed by atoms with Gasteiger partial charge < -0.3 is 19.3 Å². The maximum Gasteiger partial charge on any atom is 0.341 e. The van der Waals surface area contributed by atoms with Crippen LogP contribution in [0.5, 0.6) is 5.75 Å². The van der Waals surface area contributed by atoms with Crippen molar-refractivity contribution in [2.45, 2.75) is 40.2 Å². The largest absolute Gasteiger partial charge is 0.496 e. The first kappa shape index (κ1) is 23.4. The smallest absolute Gasteiger partial charge is 0.341 e. The molecule has 0 saturated carbocycles. The molecule has 170 valence electrons. The quantitative estimate of drug-likeness (QED) is 0.679. The van der Waals surface area contributed by atoms with Crippen LogP contribution in [0.25, 0.3) is 17.0 Å². The van der Waals surface area contributed by atoms with Crippen LogP contribution in [0.2, 0.25) is 0 Å². The van der Waals surface area contributed by atoms with Gasteiger partial charge in [0.15, 0.2) is 5.43 Å². The Balaban J connectivity index is 2.35. The number of aromatic nitrogens is 1. The molecule has 2 heterocycles. The summed E-state index contributed by atoms with van der Waals surface area (Å²) in [5.41, 5.74) is 4.68. The van der Waals surface area contributed by atoms with Gasteiger partial charge in [0.1, 0.15) is 11.3 Å². The van der Waals surface area contributed by atoms with Gasteiger partial charge >= 0.3 is 5.97 Å². The van der Waals surface area contributed by atoms with E-state index in [1.54, 1.807) is 7.11 Å². The summed E-state index contributed by atoms with van der Waals surface area (Å²) in [6.07, 6.45) is 4.22. The Bertz CT molecular complexity index is 1180. The summed E-state index contributed by atoms with van der Waals surface area (Å²) in [5, 5.41) is 9.50. The first-order valence-electron chi connectivity index (χ1n) is 10.6. The third kappa shape index (κ3) is 4.22. The zero-order chi connectivity index (χ0) is 24.0. The van der Waals surface area contributed by atoms with Gasteiger partial charge in [-0.2, -0.15) is 0 Å². The van der Waals surface area contributed by atoms with E-state index in [1.165, 1.54) is 12.3 Å². The molecule has 6 heteroatoms. The van der Waals surface area contributed by atoms with Gasteiger partial charge in [-0.1, -0.05) is 32.9 Å². The van der Waals surface area contributed by atoms with E-state index >= 15 is 0 Å². The summed E-state index contributed by atoms with van der Waals surface area (Å²) < 4.78 is 7.69. The third-order valence-corrected chi connectivity index (χ3v) is 5.90. The van der Waals surface area contributed by atoms with Crippen LogP contribution in [0.4, 0.5) is 0 Å². The molecule has 3 rings (SSSR count). The molecule has 1 aliphatic rings. The molecule has 0 aliphatic carbocycles. The highest BCUT2D eigenvalue weighted by Crippen LogP contribution is 2.45. The lowest BCUT2D eigenvalue weighted by molar-refractivity contribution is 0.0693. The molecule has 0 bridgehead atoms. The van der Waals surface area contributed by atoms with Crippen molar-refractivity contribution in [1.82, 2.24) is 9.47 Å². The van der Waals surface area contributed by atoms with Crippen molar-refractivity contribution in [1.29, 1.82) is 0 Å². The summed E-state index contributed by atoms with van der Waals surface area (Å²) in [4.78, 5) is 26.2. The number of carboxylic acid groups (broad SMARTS) is 1. The Morgan fingerprint density at radius 2 is 1.91 bits per heavy atom. The molecule has 1 aliphatic heterocycles. The highest BCUT2D eigenvalue weighted by Gasteiger charge is 2.34. The molecule has 0 amide bonds. The van der Waals surface area contributed by atoms with Crippen LogP contribution in [-0.4, -0.2) is 41.7 Å². The standard InChI is InChI=1S/C26H32N2O4/c1-15(2)9-20(27(6)7)18-10-16-11-24(26(3,4)5)28-14-19(25(30)31)22(29)13-21(28)17(16)12-23(18)32-8/h9-10,12-14,24H,1,11H2,2-8H3,(H,30,31)/b20-9-. The molecule has 1 atom stereocenters. The minimum atomic E-state index is -1.21. The van der Waals surface area contributed by atoms with E-state index in [-0.39, 0.29) is 17.0 Å². The number of carbonyl (C=O) groups is 1. The monoisotopic (exact) mass is 436 g/mol. The van der Waals surface area contributed by atoms with E-state index in [4.69, 9.17) is 4.74 Å². The second kappa shape index (κ2) is 8.34. The maximum absolute atomic E-state index is 12.6. The van der Waals surface area contributed by atoms with Gasteiger partial charge in [0, 0.05) is 49.2 Å². The van der Waals surface area contributed by atoms with E-state index in [0.717, 1.165) is 28.0 Å². The van der Waals surface area contributed by atoms with Crippen molar-refractivity contribution >= 4 is 11.7 Å². The predicted octanol–water partition coefficient (Wildman–Crippen LogP) is 4.84. The lowest BCUT2D eigenvalue weighted by Crippen LogP contribution is -2.33. The van der Waals surface area contributed by atoms with E-state index in [0.29, 0.717) is 17.9 Å². The van der Waals surface area contributed by atoms with E-state index in [1.807, 2.05) is 42.6 Å². The van der Waals surface area contributed by atoms with Crippen LogP contribution in [0, 0.1) is 5.41 Å². The SMILES string of the molecule is C=C(C)/C=C(/c1cc2c(cc1OC)-c1cc(=O)c(C(=O)O)cn1C(C(C)(C)C)C2)N(C)C. The molecule has 2 aromatic rings. The van der Waals surface area contributed by atoms with Gasteiger partial charge in [-0.05, 0) is 42.5 Å². The summed E-state index contributed by atoms with van der Waals surface area (Å²) in [5.74, 6) is -0.530. The minimum absolute atomic E-state index is 0.0159. The lowest BCUT2D eigenvalue weighted by Gasteiger charge is -2.39. The van der Waals surface area contributed by atoms with E-state index < -0.39 is 11.4 Å². The van der Waals surface area contributed by atoms with Gasteiger partial charge in [-0.25, -0.2) is 4.79 Å². The molecular formula is C26H32N2O4. The average molecular weight is 437 g/mol. The number of ether oxygens (including phenoxy) is 1. The Labute approximate surface area is 189 Å². The van der Waals surface area contributed by atoms with Crippen LogP contribution in [-0.2, 0) is 6.42 Å². The highest BCUT2D eigenvalue weighted by molar-refractivity contribution is 5.88. The van der Waals surface area contributed by atoms with Gasteiger partial charge in [0.05, 0.1) is 12.8 Å². The Kier molecular flexibility index (Phi) is 6.09. The topological polar surface area (TPSA) is 71.8 Å². The summed E-state index contributed by atoms with van der Waals surface area (Å²) in [6.45, 7) is 12.4. The normalized spacial score (nSPS) is 15.6. The van der Waals surface area contributed by atoms with Gasteiger partial charge in [0.25, 0.3) is 0 Å². The van der Waals surface area contributed by atoms with Crippen LogP contribution in [0.3, 0.4) is 0 Å². The molecule has 1 unspecified atom stereocenters. The molecule has 1 N–H and O–H groups in total. The first-order chi connectivity index (χ1) is 14.8. The molecule has 0 spiro atoms. The second-order valence-corrected chi connectivity index (χ2v) is 9.71. The molecule has 0 radical (unpaired) electrons. The van der Waals surface area contributed by atoms with Crippen molar-refractivity contribution in [3.8, 4) is 17.0 Å². The van der Waals surface area contributed by atoms with Crippen molar-refractivity contribution in [2.75, 3.05) is 21.2 Å². The van der Waals surface area contributed by atoms with Gasteiger partial charge in [-0.3, -0.25) is 4.79 Å². The van der Waals surface area contributed by atoms with Crippen LogP contribution in [0.1, 0.15) is 55.2 Å². The lowest BCUT2D eigenvalue weighted by atomic mass is 9.78. The number of allylic oxidation sites excluding steroid dienone is 2. The zero-order valence-corrected chi connectivity index (χ0v) is 19.9. The number of benzene rings is 1. The third-order valence-electron chi connectivity index (χ3n) is 5.90. The van der Waals surface area contributed by atoms with E-state index in [9.17, 15) is 14.7 Å². The second-order valence-electron chi connectivity index (χ2n) is 9.71. The predicted molar refractivity (Wildman–Crippen MR) is 128 cm³/mol. The number of fused-ring (bicyclic) bond motifs is 3. The molecule has 0 fully saturated rings. The number of aromatic carboxylic acids is 1. The van der Waals surface area contributed by atoms with Crippen molar-refractivity contribution in [2.24, 2.45) is 5.41 Å².